The summed E-state index contributed by atoms with van der Waals surface area (Å²) in [5.41, 5.74) is 0.509. The van der Waals surface area contributed by atoms with Crippen molar-refractivity contribution in [1.29, 1.82) is 5.41 Å². The molecule has 2 heterocycles. The summed E-state index contributed by atoms with van der Waals surface area (Å²) in [5, 5.41) is 26.8. The third-order valence-corrected chi connectivity index (χ3v) is 2.98. The van der Waals surface area contributed by atoms with E-state index in [0.717, 1.165) is 4.57 Å². The fourth-order valence-corrected chi connectivity index (χ4v) is 1.99. The molecule has 4 N–H and O–H groups in total. The van der Waals surface area contributed by atoms with Crippen molar-refractivity contribution in [3.63, 3.8) is 0 Å². The minimum atomic E-state index is -0.464. The highest BCUT2D eigenvalue weighted by molar-refractivity contribution is 5.55. The summed E-state index contributed by atoms with van der Waals surface area (Å²) in [6.45, 7) is 3.60. The standard InChI is InChI=1S/C14H11N3O4/c1-7-4-12-16-14(20)9(13(15)17(12)21-7)5-8-2-3-10(18)11(19)6-8/h2-6,15,18-19H,1H2,(H,16,20)/b9-5+,15-13?. The van der Waals surface area contributed by atoms with Crippen molar-refractivity contribution in [3.05, 3.63) is 56.3 Å². The van der Waals surface area contributed by atoms with E-state index in [1.54, 1.807) is 0 Å². The molecular formula is C14H11N3O4. The Bertz CT molecular complexity index is 1070. The number of H-pyrrole nitrogens is 1. The number of aromatic nitrogens is 2. The normalized spacial score (nSPS) is 12.1. The maximum atomic E-state index is 12.0. The lowest BCUT2D eigenvalue weighted by molar-refractivity contribution is 0.336. The van der Waals surface area contributed by atoms with E-state index in [1.165, 1.54) is 30.3 Å². The Morgan fingerprint density at radius 3 is 2.76 bits per heavy atom. The van der Waals surface area contributed by atoms with Gasteiger partial charge in [-0.25, -0.2) is 0 Å². The van der Waals surface area contributed by atoms with Crippen molar-refractivity contribution in [1.82, 2.24) is 9.56 Å². The zero-order valence-corrected chi connectivity index (χ0v) is 10.8. The molecule has 0 fully saturated rings. The van der Waals surface area contributed by atoms with E-state index in [0.29, 0.717) is 16.6 Å². The number of fused-ring (bicyclic) bond motifs is 1. The van der Waals surface area contributed by atoms with E-state index in [-0.39, 0.29) is 22.2 Å². The molecule has 1 aromatic carbocycles. The third kappa shape index (κ3) is 2.10. The average molecular weight is 285 g/mol. The molecule has 0 unspecified atom stereocenters. The average Bonchev–Trinajstić information content (AvgIpc) is 2.79. The van der Waals surface area contributed by atoms with Gasteiger partial charge in [0.1, 0.15) is 0 Å². The van der Waals surface area contributed by atoms with Crippen molar-refractivity contribution in [3.8, 4) is 11.5 Å². The number of aromatic hydroxyl groups is 2. The van der Waals surface area contributed by atoms with Crippen LogP contribution >= 0.6 is 0 Å². The van der Waals surface area contributed by atoms with Crippen LogP contribution in [-0.4, -0.2) is 19.8 Å². The van der Waals surface area contributed by atoms with Gasteiger partial charge in [0, 0.05) is 6.07 Å². The SMILES string of the molecule is C=c1cc2[nH]c(=O)/c(=C/c3ccc(O)c(O)c3)c(=N)n2o1. The van der Waals surface area contributed by atoms with Crippen molar-refractivity contribution in [2.24, 2.45) is 0 Å². The highest BCUT2D eigenvalue weighted by Crippen LogP contribution is 2.24. The molecule has 0 radical (unpaired) electrons. The fourth-order valence-electron chi connectivity index (χ4n) is 1.99. The minimum absolute atomic E-state index is 0.0620. The Labute approximate surface area is 116 Å². The van der Waals surface area contributed by atoms with Gasteiger partial charge in [-0.2, -0.15) is 0 Å². The largest absolute Gasteiger partial charge is 0.504 e. The molecule has 0 aliphatic heterocycles. The third-order valence-electron chi connectivity index (χ3n) is 2.98. The van der Waals surface area contributed by atoms with Crippen molar-refractivity contribution < 1.29 is 14.7 Å². The second-order valence-electron chi connectivity index (χ2n) is 4.49. The Hall–Kier alpha value is -3.22. The van der Waals surface area contributed by atoms with Crippen LogP contribution in [0.3, 0.4) is 0 Å². The number of hydrogen-bond donors (Lipinski definition) is 4. The maximum Gasteiger partial charge on any atom is 0.260 e. The molecule has 0 aliphatic carbocycles. The van der Waals surface area contributed by atoms with Gasteiger partial charge in [-0.05, 0) is 23.8 Å². The molecule has 0 saturated carbocycles. The second kappa shape index (κ2) is 4.41. The van der Waals surface area contributed by atoms with Gasteiger partial charge >= 0.3 is 0 Å². The molecule has 0 bridgehead atoms. The monoisotopic (exact) mass is 285 g/mol. The lowest BCUT2D eigenvalue weighted by atomic mass is 10.1. The highest BCUT2D eigenvalue weighted by atomic mass is 16.5. The topological polar surface area (TPSA) is 115 Å². The van der Waals surface area contributed by atoms with Gasteiger partial charge in [-0.15, -0.1) is 4.57 Å². The highest BCUT2D eigenvalue weighted by Gasteiger charge is 2.04. The van der Waals surface area contributed by atoms with Crippen molar-refractivity contribution in [2.45, 2.75) is 0 Å². The summed E-state index contributed by atoms with van der Waals surface area (Å²) in [5.74, 6) is -0.566. The van der Waals surface area contributed by atoms with Crippen LogP contribution in [0.4, 0.5) is 0 Å². The molecule has 7 heteroatoms. The molecule has 2 aromatic heterocycles. The van der Waals surface area contributed by atoms with E-state index >= 15 is 0 Å². The molecule has 0 aliphatic rings. The van der Waals surface area contributed by atoms with E-state index in [9.17, 15) is 15.0 Å². The Morgan fingerprint density at radius 1 is 1.29 bits per heavy atom. The molecule has 0 amide bonds. The van der Waals surface area contributed by atoms with Gasteiger partial charge < -0.3 is 19.7 Å². The summed E-state index contributed by atoms with van der Waals surface area (Å²) in [6, 6.07) is 5.61. The number of rotatable bonds is 1. The quantitative estimate of drug-likeness (QED) is 0.445. The maximum absolute atomic E-state index is 12.0. The van der Waals surface area contributed by atoms with E-state index in [1.807, 2.05) is 0 Å². The van der Waals surface area contributed by atoms with Crippen LogP contribution in [-0.2, 0) is 0 Å². The number of benzene rings is 1. The molecule has 3 rings (SSSR count). The number of aromatic amines is 1. The van der Waals surface area contributed by atoms with Crippen LogP contribution in [0.25, 0.3) is 18.3 Å². The number of phenolic OH excluding ortho intramolecular Hbond substituents is 2. The van der Waals surface area contributed by atoms with Gasteiger partial charge in [0.05, 0.1) is 5.22 Å². The van der Waals surface area contributed by atoms with E-state index < -0.39 is 5.56 Å². The van der Waals surface area contributed by atoms with Crippen LogP contribution in [0, 0.1) is 5.41 Å². The predicted molar refractivity (Wildman–Crippen MR) is 74.2 cm³/mol. The van der Waals surface area contributed by atoms with Gasteiger partial charge in [0.15, 0.2) is 28.0 Å². The lowest BCUT2D eigenvalue weighted by Crippen LogP contribution is -2.44. The van der Waals surface area contributed by atoms with E-state index in [2.05, 4.69) is 11.6 Å². The Morgan fingerprint density at radius 2 is 2.05 bits per heavy atom. The zero-order valence-electron chi connectivity index (χ0n) is 10.8. The number of nitrogens with one attached hydrogen (secondary N) is 2. The van der Waals surface area contributed by atoms with Crippen molar-refractivity contribution >= 4 is 18.3 Å². The lowest BCUT2D eigenvalue weighted by Gasteiger charge is -1.99. The van der Waals surface area contributed by atoms with Gasteiger partial charge in [0.2, 0.25) is 0 Å². The van der Waals surface area contributed by atoms with Crippen LogP contribution in [0.15, 0.2) is 33.6 Å². The first-order valence-corrected chi connectivity index (χ1v) is 5.98. The Balaban J connectivity index is 2.36. The van der Waals surface area contributed by atoms with Gasteiger partial charge in [0.25, 0.3) is 5.56 Å². The van der Waals surface area contributed by atoms with Gasteiger partial charge in [-0.1, -0.05) is 12.6 Å². The van der Waals surface area contributed by atoms with Gasteiger partial charge in [-0.3, -0.25) is 10.2 Å². The number of phenols is 2. The molecule has 0 atom stereocenters. The van der Waals surface area contributed by atoms with Crippen molar-refractivity contribution in [2.75, 3.05) is 0 Å². The van der Waals surface area contributed by atoms with E-state index in [4.69, 9.17) is 9.93 Å². The first-order chi connectivity index (χ1) is 9.95. The summed E-state index contributed by atoms with van der Waals surface area (Å²) in [4.78, 5) is 14.6. The molecule has 0 saturated heterocycles. The second-order valence-corrected chi connectivity index (χ2v) is 4.49. The van der Waals surface area contributed by atoms with Crippen LogP contribution in [0.2, 0.25) is 0 Å². The minimum Gasteiger partial charge on any atom is -0.504 e. The Kier molecular flexibility index (Phi) is 2.69. The number of hydrogen-bond acceptors (Lipinski definition) is 5. The summed E-state index contributed by atoms with van der Waals surface area (Å²) in [7, 11) is 0. The fraction of sp³-hybridized carbons (Fsp3) is 0. The summed E-state index contributed by atoms with van der Waals surface area (Å²) < 4.78 is 6.36. The number of nitrogens with zero attached hydrogens (tertiary/aromatic N) is 1. The van der Waals surface area contributed by atoms with Crippen LogP contribution < -0.4 is 21.7 Å². The van der Waals surface area contributed by atoms with Crippen LogP contribution in [0.5, 0.6) is 11.5 Å². The first-order valence-electron chi connectivity index (χ1n) is 5.98. The predicted octanol–water partition coefficient (Wildman–Crippen LogP) is -0.650. The molecular weight excluding hydrogens is 274 g/mol. The smallest absolute Gasteiger partial charge is 0.260 e. The molecule has 7 nitrogen and oxygen atoms in total. The van der Waals surface area contributed by atoms with Crippen LogP contribution in [0.1, 0.15) is 5.56 Å². The molecule has 0 spiro atoms. The molecule has 21 heavy (non-hydrogen) atoms. The molecule has 3 aromatic rings. The first kappa shape index (κ1) is 12.8. The summed E-state index contributed by atoms with van der Waals surface area (Å²) >= 11 is 0. The summed E-state index contributed by atoms with van der Waals surface area (Å²) in [6.07, 6.45) is 1.41. The zero-order chi connectivity index (χ0) is 15.1. The molecule has 106 valence electrons.